The molecule has 0 aliphatic heterocycles. The van der Waals surface area contributed by atoms with Crippen molar-refractivity contribution in [2.24, 2.45) is 0 Å². The molecule has 0 unspecified atom stereocenters. The van der Waals surface area contributed by atoms with Crippen LogP contribution in [0.25, 0.3) is 0 Å². The molecule has 0 saturated carbocycles. The Morgan fingerprint density at radius 2 is 1.62 bits per heavy atom. The van der Waals surface area contributed by atoms with Crippen LogP contribution < -0.4 is 16.4 Å². The van der Waals surface area contributed by atoms with Crippen LogP contribution in [0.3, 0.4) is 0 Å². The smallest absolute Gasteiger partial charge is 0.160 e. The van der Waals surface area contributed by atoms with Crippen molar-refractivity contribution in [3.63, 3.8) is 0 Å². The summed E-state index contributed by atoms with van der Waals surface area (Å²) in [5.41, 5.74) is 8.37. The SMILES string of the molecule is Cc1ccc(Cl)cc1Nc1ncnc(Nc2ccc(Cl)cn2)c1N. The van der Waals surface area contributed by atoms with Crippen molar-refractivity contribution in [3.05, 3.63) is 58.5 Å². The van der Waals surface area contributed by atoms with Crippen LogP contribution in [0.15, 0.2) is 42.9 Å². The molecule has 24 heavy (non-hydrogen) atoms. The second-order valence-electron chi connectivity index (χ2n) is 5.06. The lowest BCUT2D eigenvalue weighted by Crippen LogP contribution is -2.06. The van der Waals surface area contributed by atoms with Crippen molar-refractivity contribution >= 4 is 52.0 Å². The zero-order valence-electron chi connectivity index (χ0n) is 12.7. The highest BCUT2D eigenvalue weighted by Gasteiger charge is 2.10. The van der Waals surface area contributed by atoms with Crippen molar-refractivity contribution in [1.82, 2.24) is 15.0 Å². The van der Waals surface area contributed by atoms with Gasteiger partial charge in [0.25, 0.3) is 0 Å². The van der Waals surface area contributed by atoms with E-state index in [1.165, 1.54) is 12.5 Å². The number of nitrogens with two attached hydrogens (primary N) is 1. The van der Waals surface area contributed by atoms with Crippen LogP contribution in [-0.4, -0.2) is 15.0 Å². The van der Waals surface area contributed by atoms with Gasteiger partial charge in [-0.25, -0.2) is 15.0 Å². The molecule has 0 saturated heterocycles. The first-order valence-electron chi connectivity index (χ1n) is 7.05. The Balaban J connectivity index is 1.88. The number of nitrogens with zero attached hydrogens (tertiary/aromatic N) is 3. The minimum atomic E-state index is 0.369. The third-order valence-corrected chi connectivity index (χ3v) is 3.77. The van der Waals surface area contributed by atoms with E-state index in [9.17, 15) is 0 Å². The third kappa shape index (κ3) is 3.67. The molecule has 1 aromatic carbocycles. The van der Waals surface area contributed by atoms with Gasteiger partial charge in [0, 0.05) is 16.9 Å². The summed E-state index contributed by atoms with van der Waals surface area (Å²) < 4.78 is 0. The van der Waals surface area contributed by atoms with Crippen LogP contribution in [0.2, 0.25) is 10.0 Å². The lowest BCUT2D eigenvalue weighted by Gasteiger charge is -2.13. The molecule has 0 atom stereocenters. The lowest BCUT2D eigenvalue weighted by molar-refractivity contribution is 1.16. The quantitative estimate of drug-likeness (QED) is 0.632. The summed E-state index contributed by atoms with van der Waals surface area (Å²) in [6, 6.07) is 9.01. The van der Waals surface area contributed by atoms with Crippen molar-refractivity contribution in [2.45, 2.75) is 6.92 Å². The highest BCUT2D eigenvalue weighted by atomic mass is 35.5. The summed E-state index contributed by atoms with van der Waals surface area (Å²) in [6.07, 6.45) is 2.95. The number of anilines is 5. The van der Waals surface area contributed by atoms with Crippen molar-refractivity contribution in [2.75, 3.05) is 16.4 Å². The molecule has 0 amide bonds. The third-order valence-electron chi connectivity index (χ3n) is 3.31. The number of nitrogens with one attached hydrogen (secondary N) is 2. The summed E-state index contributed by atoms with van der Waals surface area (Å²) in [6.45, 7) is 1.97. The van der Waals surface area contributed by atoms with Gasteiger partial charge in [0.05, 0.1) is 5.02 Å². The minimum absolute atomic E-state index is 0.369. The maximum Gasteiger partial charge on any atom is 0.160 e. The number of pyridine rings is 1. The van der Waals surface area contributed by atoms with E-state index in [-0.39, 0.29) is 0 Å². The molecule has 6 nitrogen and oxygen atoms in total. The Labute approximate surface area is 149 Å². The fourth-order valence-corrected chi connectivity index (χ4v) is 2.31. The summed E-state index contributed by atoms with van der Waals surface area (Å²) in [5, 5.41) is 7.39. The first-order chi connectivity index (χ1) is 11.5. The number of rotatable bonds is 4. The van der Waals surface area contributed by atoms with Crippen LogP contribution in [0.1, 0.15) is 5.56 Å². The van der Waals surface area contributed by atoms with Gasteiger partial charge in [0.2, 0.25) is 0 Å². The van der Waals surface area contributed by atoms with E-state index >= 15 is 0 Å². The van der Waals surface area contributed by atoms with Gasteiger partial charge in [0.1, 0.15) is 17.8 Å². The minimum Gasteiger partial charge on any atom is -0.393 e. The molecule has 0 spiro atoms. The molecule has 0 aliphatic carbocycles. The molecular weight excluding hydrogens is 347 g/mol. The largest absolute Gasteiger partial charge is 0.393 e. The van der Waals surface area contributed by atoms with Crippen molar-refractivity contribution < 1.29 is 0 Å². The van der Waals surface area contributed by atoms with Crippen molar-refractivity contribution in [3.8, 4) is 0 Å². The predicted octanol–water partition coefficient (Wildman–Crippen LogP) is 4.56. The summed E-state index contributed by atoms with van der Waals surface area (Å²) >= 11 is 11.9. The summed E-state index contributed by atoms with van der Waals surface area (Å²) in [5.74, 6) is 1.50. The first kappa shape index (κ1) is 16.3. The normalized spacial score (nSPS) is 10.5. The zero-order valence-corrected chi connectivity index (χ0v) is 14.2. The maximum absolute atomic E-state index is 6.16. The van der Waals surface area contributed by atoms with Gasteiger partial charge in [-0.2, -0.15) is 0 Å². The van der Waals surface area contributed by atoms with Crippen LogP contribution in [0.4, 0.5) is 28.8 Å². The Hall–Kier alpha value is -2.57. The maximum atomic E-state index is 6.16. The van der Waals surface area contributed by atoms with Gasteiger partial charge in [-0.1, -0.05) is 29.3 Å². The van der Waals surface area contributed by atoms with Gasteiger partial charge < -0.3 is 16.4 Å². The number of hydrogen-bond acceptors (Lipinski definition) is 6. The average molecular weight is 361 g/mol. The van der Waals surface area contributed by atoms with E-state index in [1.807, 2.05) is 25.1 Å². The van der Waals surface area contributed by atoms with Gasteiger partial charge in [-0.3, -0.25) is 0 Å². The first-order valence-corrected chi connectivity index (χ1v) is 7.81. The number of nitrogen functional groups attached to an aromatic ring is 1. The second kappa shape index (κ2) is 6.90. The van der Waals surface area contributed by atoms with Crippen LogP contribution >= 0.6 is 23.2 Å². The summed E-state index contributed by atoms with van der Waals surface area (Å²) in [7, 11) is 0. The van der Waals surface area contributed by atoms with E-state index in [0.29, 0.717) is 33.2 Å². The number of halogens is 2. The molecule has 8 heteroatoms. The second-order valence-corrected chi connectivity index (χ2v) is 5.93. The fourth-order valence-electron chi connectivity index (χ4n) is 2.02. The Morgan fingerprint density at radius 1 is 0.917 bits per heavy atom. The molecule has 4 N–H and O–H groups in total. The van der Waals surface area contributed by atoms with Crippen molar-refractivity contribution in [1.29, 1.82) is 0 Å². The number of aryl methyl sites for hydroxylation is 1. The molecule has 122 valence electrons. The topological polar surface area (TPSA) is 88.8 Å². The average Bonchev–Trinajstić information content (AvgIpc) is 2.56. The molecule has 0 radical (unpaired) electrons. The highest BCUT2D eigenvalue weighted by molar-refractivity contribution is 6.31. The Bertz CT molecular complexity index is 867. The molecule has 0 aliphatic rings. The molecule has 2 heterocycles. The summed E-state index contributed by atoms with van der Waals surface area (Å²) in [4.78, 5) is 12.5. The number of hydrogen-bond donors (Lipinski definition) is 3. The highest BCUT2D eigenvalue weighted by Crippen LogP contribution is 2.30. The van der Waals surface area contributed by atoms with Crippen LogP contribution in [0.5, 0.6) is 0 Å². The standard InChI is InChI=1S/C16H14Cl2N6/c1-9-2-3-10(17)6-12(9)23-15-14(19)16(22-8-21-15)24-13-5-4-11(18)7-20-13/h2-8H,19H2,1H3,(H2,20,21,22,23,24). The Morgan fingerprint density at radius 3 is 2.33 bits per heavy atom. The van der Waals surface area contributed by atoms with Gasteiger partial charge in [-0.15, -0.1) is 0 Å². The van der Waals surface area contributed by atoms with Gasteiger partial charge >= 0.3 is 0 Å². The monoisotopic (exact) mass is 360 g/mol. The van der Waals surface area contributed by atoms with E-state index in [4.69, 9.17) is 28.9 Å². The van der Waals surface area contributed by atoms with Gasteiger partial charge in [0.15, 0.2) is 11.6 Å². The lowest BCUT2D eigenvalue weighted by atomic mass is 10.2. The van der Waals surface area contributed by atoms with Crippen LogP contribution in [0, 0.1) is 6.92 Å². The van der Waals surface area contributed by atoms with Gasteiger partial charge in [-0.05, 0) is 36.8 Å². The number of benzene rings is 1. The fraction of sp³-hybridized carbons (Fsp3) is 0.0625. The zero-order chi connectivity index (χ0) is 17.1. The molecule has 3 aromatic rings. The van der Waals surface area contributed by atoms with E-state index < -0.39 is 0 Å². The predicted molar refractivity (Wildman–Crippen MR) is 98.4 cm³/mol. The molecule has 3 rings (SSSR count). The molecule has 0 bridgehead atoms. The van der Waals surface area contributed by atoms with Crippen LogP contribution in [-0.2, 0) is 0 Å². The molecule has 2 aromatic heterocycles. The number of aromatic nitrogens is 3. The molecule has 0 fully saturated rings. The Kier molecular flexibility index (Phi) is 4.69. The molecular formula is C16H14Cl2N6. The van der Waals surface area contributed by atoms with E-state index in [0.717, 1.165) is 11.3 Å². The van der Waals surface area contributed by atoms with E-state index in [1.54, 1.807) is 12.1 Å². The van der Waals surface area contributed by atoms with E-state index in [2.05, 4.69) is 25.6 Å².